The minimum absolute atomic E-state index is 0.0610. The van der Waals surface area contributed by atoms with Crippen molar-refractivity contribution in [1.29, 1.82) is 0 Å². The largest absolute Gasteiger partial charge is 0.456 e. The first-order valence-electron chi connectivity index (χ1n) is 6.88. The number of ether oxygens (including phenoxy) is 2. The highest BCUT2D eigenvalue weighted by Crippen LogP contribution is 2.43. The van der Waals surface area contributed by atoms with Crippen LogP contribution in [-0.4, -0.2) is 30.1 Å². The lowest BCUT2D eigenvalue weighted by Gasteiger charge is -2.23. The van der Waals surface area contributed by atoms with Gasteiger partial charge in [0.15, 0.2) is 0 Å². The monoisotopic (exact) mass is 314 g/mol. The number of benzene rings is 1. The summed E-state index contributed by atoms with van der Waals surface area (Å²) in [5, 5.41) is 13.8. The van der Waals surface area contributed by atoms with E-state index in [1.54, 1.807) is 12.1 Å². The molecule has 1 aromatic carbocycles. The molecule has 0 amide bonds. The zero-order valence-electron chi connectivity index (χ0n) is 11.7. The molecule has 8 nitrogen and oxygen atoms in total. The van der Waals surface area contributed by atoms with E-state index in [2.05, 4.69) is 5.32 Å². The van der Waals surface area contributed by atoms with Gasteiger partial charge in [-0.25, -0.2) is 9.59 Å². The van der Waals surface area contributed by atoms with Gasteiger partial charge in [-0.2, -0.15) is 0 Å². The maximum Gasteiger partial charge on any atom is 0.337 e. The third kappa shape index (κ3) is 1.91. The number of rotatable bonds is 2. The maximum atomic E-state index is 12.1. The van der Waals surface area contributed by atoms with Crippen LogP contribution in [0, 0.1) is 10.1 Å². The molecule has 4 rings (SSSR count). The van der Waals surface area contributed by atoms with Crippen molar-refractivity contribution >= 4 is 17.6 Å². The van der Waals surface area contributed by atoms with Crippen LogP contribution in [0.25, 0.3) is 0 Å². The van der Waals surface area contributed by atoms with Crippen LogP contribution in [0.15, 0.2) is 46.8 Å². The standard InChI is InChI=1S/C15H10N2O6/c18-14-12-9(5-22-14)16-10-6-23-15(19)13(10)11(12)7-1-3-8(4-2-7)17(20)21/h1-4,11,16H,5-6H2. The molecule has 3 aliphatic rings. The lowest BCUT2D eigenvalue weighted by Crippen LogP contribution is -2.27. The van der Waals surface area contributed by atoms with Gasteiger partial charge in [-0.05, 0) is 5.56 Å². The summed E-state index contributed by atoms with van der Waals surface area (Å²) in [6.45, 7) is 0.227. The van der Waals surface area contributed by atoms with Crippen molar-refractivity contribution in [2.75, 3.05) is 13.2 Å². The van der Waals surface area contributed by atoms with Crippen molar-refractivity contribution in [3.8, 4) is 0 Å². The molecule has 0 bridgehead atoms. The SMILES string of the molecule is O=C1OCC2=C1C(c1ccc([N+](=O)[O-])cc1)C1=C(COC1=O)N2. The fourth-order valence-electron chi connectivity index (χ4n) is 3.07. The molecular weight excluding hydrogens is 304 g/mol. The maximum absolute atomic E-state index is 12.1. The van der Waals surface area contributed by atoms with Gasteiger partial charge in [0.25, 0.3) is 5.69 Å². The van der Waals surface area contributed by atoms with Crippen LogP contribution in [0.3, 0.4) is 0 Å². The molecule has 0 aliphatic carbocycles. The van der Waals surface area contributed by atoms with Gasteiger partial charge in [0, 0.05) is 12.1 Å². The summed E-state index contributed by atoms with van der Waals surface area (Å²) in [7, 11) is 0. The summed E-state index contributed by atoms with van der Waals surface area (Å²) in [6, 6.07) is 5.78. The molecular formula is C15H10N2O6. The molecule has 3 heterocycles. The number of carbonyl (C=O) groups excluding carboxylic acids is 2. The van der Waals surface area contributed by atoms with E-state index in [-0.39, 0.29) is 18.9 Å². The van der Waals surface area contributed by atoms with E-state index < -0.39 is 22.8 Å². The number of cyclic esters (lactones) is 2. The smallest absolute Gasteiger partial charge is 0.337 e. The fourth-order valence-corrected chi connectivity index (χ4v) is 3.07. The molecule has 8 heteroatoms. The molecule has 0 atom stereocenters. The molecule has 0 saturated carbocycles. The lowest BCUT2D eigenvalue weighted by molar-refractivity contribution is -0.384. The van der Waals surface area contributed by atoms with E-state index in [0.717, 1.165) is 0 Å². The summed E-state index contributed by atoms with van der Waals surface area (Å²) in [5.41, 5.74) is 2.47. The van der Waals surface area contributed by atoms with Crippen molar-refractivity contribution in [2.24, 2.45) is 0 Å². The minimum atomic E-state index is -0.632. The highest BCUT2D eigenvalue weighted by molar-refractivity contribution is 6.02. The van der Waals surface area contributed by atoms with Crippen LogP contribution in [0.2, 0.25) is 0 Å². The molecule has 0 spiro atoms. The molecule has 1 aromatic rings. The van der Waals surface area contributed by atoms with E-state index in [1.165, 1.54) is 12.1 Å². The average Bonchev–Trinajstić information content (AvgIpc) is 3.10. The van der Waals surface area contributed by atoms with E-state index in [9.17, 15) is 19.7 Å². The second kappa shape index (κ2) is 4.67. The molecule has 1 N–H and O–H groups in total. The predicted octanol–water partition coefficient (Wildman–Crippen LogP) is 0.903. The number of hydrogen-bond donors (Lipinski definition) is 1. The summed E-state index contributed by atoms with van der Waals surface area (Å²) in [6.07, 6.45) is 0. The van der Waals surface area contributed by atoms with Crippen molar-refractivity contribution in [3.63, 3.8) is 0 Å². The zero-order chi connectivity index (χ0) is 16.1. The summed E-state index contributed by atoms with van der Waals surface area (Å²) < 4.78 is 10.1. The Morgan fingerprint density at radius 2 is 1.52 bits per heavy atom. The van der Waals surface area contributed by atoms with Gasteiger partial charge < -0.3 is 14.8 Å². The number of nitrogens with zero attached hydrogens (tertiary/aromatic N) is 1. The molecule has 0 radical (unpaired) electrons. The number of nitrogens with one attached hydrogen (secondary N) is 1. The molecule has 23 heavy (non-hydrogen) atoms. The van der Waals surface area contributed by atoms with Crippen LogP contribution in [0.5, 0.6) is 0 Å². The first-order chi connectivity index (χ1) is 11.1. The zero-order valence-corrected chi connectivity index (χ0v) is 11.7. The van der Waals surface area contributed by atoms with Crippen LogP contribution in [-0.2, 0) is 19.1 Å². The molecule has 0 aromatic heterocycles. The van der Waals surface area contributed by atoms with Gasteiger partial charge in [0.05, 0.1) is 33.4 Å². The Morgan fingerprint density at radius 3 is 2.00 bits per heavy atom. The Bertz CT molecular complexity index is 781. The minimum Gasteiger partial charge on any atom is -0.456 e. The van der Waals surface area contributed by atoms with E-state index in [4.69, 9.17) is 9.47 Å². The normalized spacial score (nSPS) is 20.0. The van der Waals surface area contributed by atoms with Gasteiger partial charge in [-0.1, -0.05) is 12.1 Å². The Morgan fingerprint density at radius 1 is 1.00 bits per heavy atom. The number of esters is 2. The first kappa shape index (κ1) is 13.5. The van der Waals surface area contributed by atoms with Gasteiger partial charge >= 0.3 is 11.9 Å². The molecule has 0 fully saturated rings. The van der Waals surface area contributed by atoms with Crippen molar-refractivity contribution in [1.82, 2.24) is 5.32 Å². The quantitative estimate of drug-likeness (QED) is 0.491. The van der Waals surface area contributed by atoms with Crippen LogP contribution in [0.4, 0.5) is 5.69 Å². The van der Waals surface area contributed by atoms with Crippen LogP contribution < -0.4 is 5.32 Å². The molecule has 0 unspecified atom stereocenters. The molecule has 116 valence electrons. The predicted molar refractivity (Wildman–Crippen MR) is 74.9 cm³/mol. The third-order valence-electron chi connectivity index (χ3n) is 4.10. The van der Waals surface area contributed by atoms with Gasteiger partial charge in [-0.3, -0.25) is 10.1 Å². The number of nitro benzene ring substituents is 1. The number of non-ortho nitro benzene ring substituents is 1. The Hall–Kier alpha value is -3.16. The number of hydrogen-bond acceptors (Lipinski definition) is 7. The van der Waals surface area contributed by atoms with Crippen LogP contribution >= 0.6 is 0 Å². The van der Waals surface area contributed by atoms with Gasteiger partial charge in [-0.15, -0.1) is 0 Å². The summed E-state index contributed by atoms with van der Waals surface area (Å²) in [5.74, 6) is -1.63. The summed E-state index contributed by atoms with van der Waals surface area (Å²) in [4.78, 5) is 34.4. The van der Waals surface area contributed by atoms with Gasteiger partial charge in [0.2, 0.25) is 0 Å². The van der Waals surface area contributed by atoms with E-state index in [0.29, 0.717) is 28.1 Å². The molecule has 3 aliphatic heterocycles. The third-order valence-corrected chi connectivity index (χ3v) is 4.10. The highest BCUT2D eigenvalue weighted by atomic mass is 16.6. The number of carbonyl (C=O) groups is 2. The Labute approximate surface area is 129 Å². The lowest BCUT2D eigenvalue weighted by atomic mass is 9.81. The highest BCUT2D eigenvalue weighted by Gasteiger charge is 2.45. The van der Waals surface area contributed by atoms with Crippen molar-refractivity contribution < 1.29 is 24.0 Å². The number of dihydropyridines is 1. The second-order valence-corrected chi connectivity index (χ2v) is 5.34. The average molecular weight is 314 g/mol. The molecule has 0 saturated heterocycles. The Balaban J connectivity index is 1.84. The van der Waals surface area contributed by atoms with Crippen LogP contribution in [0.1, 0.15) is 11.5 Å². The Kier molecular flexibility index (Phi) is 2.74. The summed E-state index contributed by atoms with van der Waals surface area (Å²) >= 11 is 0. The van der Waals surface area contributed by atoms with Crippen molar-refractivity contribution in [2.45, 2.75) is 5.92 Å². The number of nitro groups is 1. The topological polar surface area (TPSA) is 108 Å². The van der Waals surface area contributed by atoms with E-state index in [1.807, 2.05) is 0 Å². The van der Waals surface area contributed by atoms with E-state index >= 15 is 0 Å². The second-order valence-electron chi connectivity index (χ2n) is 5.34. The first-order valence-corrected chi connectivity index (χ1v) is 6.88. The fraction of sp³-hybridized carbons (Fsp3) is 0.200. The van der Waals surface area contributed by atoms with Crippen molar-refractivity contribution in [3.05, 3.63) is 62.5 Å². The van der Waals surface area contributed by atoms with Gasteiger partial charge in [0.1, 0.15) is 13.2 Å².